The smallest absolute Gasteiger partial charge is 0.290 e. The van der Waals surface area contributed by atoms with Crippen LogP contribution in [0.25, 0.3) is 11.6 Å². The Kier molecular flexibility index (Phi) is 8.95. The number of hydrogen-bond donors (Lipinski definition) is 0. The normalized spacial score (nSPS) is 25.7. The van der Waals surface area contributed by atoms with E-state index in [1.807, 2.05) is 44.0 Å². The number of thiophene rings is 1. The lowest BCUT2D eigenvalue weighted by atomic mass is 9.80. The van der Waals surface area contributed by atoms with Gasteiger partial charge in [0.1, 0.15) is 23.5 Å². The second-order valence-corrected chi connectivity index (χ2v) is 18.3. The van der Waals surface area contributed by atoms with Crippen LogP contribution in [0.3, 0.4) is 0 Å². The molecular formula is C41H42F4N10O3S. The fraction of sp³-hybridized carbons (Fsp3) is 0.512. The van der Waals surface area contributed by atoms with Crippen molar-refractivity contribution in [1.29, 1.82) is 0 Å². The van der Waals surface area contributed by atoms with Crippen molar-refractivity contribution in [2.45, 2.75) is 133 Å². The first-order valence-corrected chi connectivity index (χ1v) is 21.0. The van der Waals surface area contributed by atoms with E-state index in [2.05, 4.69) is 20.1 Å². The fourth-order valence-electron chi connectivity index (χ4n) is 10.3. The third-order valence-electron chi connectivity index (χ3n) is 12.9. The number of halogens is 4. The van der Waals surface area contributed by atoms with Crippen LogP contribution in [0.15, 0.2) is 46.5 Å². The molecule has 10 heterocycles. The van der Waals surface area contributed by atoms with Crippen molar-refractivity contribution in [2.24, 2.45) is 0 Å². The number of furan rings is 1. The third kappa shape index (κ3) is 6.22. The van der Waals surface area contributed by atoms with Crippen LogP contribution in [0.2, 0.25) is 0 Å². The predicted octanol–water partition coefficient (Wildman–Crippen LogP) is 8.19. The van der Waals surface area contributed by atoms with E-state index in [1.54, 1.807) is 21.5 Å². The number of fused-ring (bicyclic) bond motifs is 6. The van der Waals surface area contributed by atoms with E-state index in [1.165, 1.54) is 34.3 Å². The van der Waals surface area contributed by atoms with E-state index >= 15 is 0 Å². The third-order valence-corrected chi connectivity index (χ3v) is 13.9. The Morgan fingerprint density at radius 1 is 0.780 bits per heavy atom. The molecule has 7 atom stereocenters. The highest BCUT2D eigenvalue weighted by Crippen LogP contribution is 2.51. The molecule has 59 heavy (non-hydrogen) atoms. The average Bonchev–Trinajstić information content (AvgIpc) is 4.06. The van der Waals surface area contributed by atoms with Gasteiger partial charge in [0.25, 0.3) is 36.2 Å². The maximum absolute atomic E-state index is 14.7. The van der Waals surface area contributed by atoms with Gasteiger partial charge in [-0.2, -0.15) is 15.1 Å². The molecular weight excluding hydrogens is 789 g/mol. The highest BCUT2D eigenvalue weighted by atomic mass is 32.1. The molecule has 13 nitrogen and oxygen atoms in total. The first-order chi connectivity index (χ1) is 28.2. The highest BCUT2D eigenvalue weighted by molar-refractivity contribution is 7.12. The predicted molar refractivity (Wildman–Crippen MR) is 206 cm³/mol. The molecule has 4 aliphatic heterocycles. The Balaban J connectivity index is 1.09. The van der Waals surface area contributed by atoms with Crippen LogP contribution < -0.4 is 0 Å². The number of hydrogen-bond acceptors (Lipinski definition) is 10. The number of nitrogens with zero attached hydrogens (tertiary/aromatic N) is 10. The topological polar surface area (TPSA) is 140 Å². The molecule has 0 aliphatic carbocycles. The summed E-state index contributed by atoms with van der Waals surface area (Å²) in [5.74, 6) is -0.734. The number of aromatic nitrogens is 8. The molecule has 6 aromatic heterocycles. The van der Waals surface area contributed by atoms with Gasteiger partial charge in [0, 0.05) is 47.3 Å². The van der Waals surface area contributed by atoms with Gasteiger partial charge in [-0.25, -0.2) is 36.6 Å². The number of carbonyl (C=O) groups excluding carboxylic acids is 2. The average molecular weight is 831 g/mol. The molecule has 0 radical (unpaired) electrons. The highest BCUT2D eigenvalue weighted by Gasteiger charge is 2.53. The van der Waals surface area contributed by atoms with E-state index in [4.69, 9.17) is 14.5 Å². The first kappa shape index (κ1) is 38.0. The van der Waals surface area contributed by atoms with Gasteiger partial charge >= 0.3 is 0 Å². The quantitative estimate of drug-likeness (QED) is 0.146. The van der Waals surface area contributed by atoms with E-state index in [0.29, 0.717) is 60.0 Å². The lowest BCUT2D eigenvalue weighted by molar-refractivity contribution is 0.0467. The molecule has 308 valence electrons. The van der Waals surface area contributed by atoms with Gasteiger partial charge < -0.3 is 14.2 Å². The molecule has 10 rings (SSSR count). The minimum Gasteiger partial charge on any atom is -0.455 e. The summed E-state index contributed by atoms with van der Waals surface area (Å²) in [6.07, 6.45) is -0.185. The molecule has 4 aliphatic rings. The molecule has 18 heteroatoms. The molecule has 2 amide bonds. The molecule has 0 N–H and O–H groups in total. The maximum Gasteiger partial charge on any atom is 0.290 e. The van der Waals surface area contributed by atoms with Crippen molar-refractivity contribution in [3.8, 4) is 0 Å². The zero-order valence-corrected chi connectivity index (χ0v) is 33.6. The van der Waals surface area contributed by atoms with Crippen LogP contribution in [0.4, 0.5) is 17.6 Å². The van der Waals surface area contributed by atoms with Crippen molar-refractivity contribution in [3.05, 3.63) is 92.6 Å². The second-order valence-electron chi connectivity index (χ2n) is 17.4. The Bertz CT molecular complexity index is 2610. The summed E-state index contributed by atoms with van der Waals surface area (Å²) in [5, 5.41) is 11.3. The summed E-state index contributed by atoms with van der Waals surface area (Å²) in [5.41, 5.74) is 0.669. The van der Waals surface area contributed by atoms with Gasteiger partial charge in [0.05, 0.1) is 16.3 Å². The van der Waals surface area contributed by atoms with Gasteiger partial charge in [0.2, 0.25) is 0 Å². The van der Waals surface area contributed by atoms with E-state index in [-0.39, 0.29) is 52.5 Å². The molecule has 6 aromatic rings. The number of alkyl halides is 4. The zero-order chi connectivity index (χ0) is 41.1. The molecule has 4 fully saturated rings. The van der Waals surface area contributed by atoms with Crippen molar-refractivity contribution in [2.75, 3.05) is 0 Å². The molecule has 1 unspecified atom stereocenters. The minimum absolute atomic E-state index is 0.00218. The van der Waals surface area contributed by atoms with Crippen LogP contribution in [0.5, 0.6) is 0 Å². The molecule has 4 bridgehead atoms. The first-order valence-electron chi connectivity index (χ1n) is 20.1. The van der Waals surface area contributed by atoms with E-state index in [9.17, 15) is 27.2 Å². The van der Waals surface area contributed by atoms with Crippen molar-refractivity contribution in [3.63, 3.8) is 0 Å². The lowest BCUT2D eigenvalue weighted by Crippen LogP contribution is -2.51. The lowest BCUT2D eigenvalue weighted by Gasteiger charge is -2.43. The minimum atomic E-state index is -2.89. The van der Waals surface area contributed by atoms with Crippen LogP contribution in [-0.4, -0.2) is 84.9 Å². The Morgan fingerprint density at radius 2 is 1.44 bits per heavy atom. The fourth-order valence-corrected chi connectivity index (χ4v) is 11.1. The standard InChI is InChI=1S/C41H42F4N10O3S/c1-19-13-32(59-17-19)38(57)52-20-5-7-21(26(52)8-6-20)29-15-25(35(44)45)49-40-50-36(51-55(29)40)23-14-22(30-16-24(34(42)43)48-39-46-18-47-54(30)39)27-9-10-28(23)53(27)37(56)31-11-12-33(58-31)41(2,3)4/h11-13,15-18,20-23,26-28,34-35H,5-10,14H2,1-4H3/t20-,21-,22-,23?,26-,27-,28+/m0/s1. The Hall–Kier alpha value is -5.26. The number of carbonyl (C=O) groups is 2. The molecule has 0 spiro atoms. The summed E-state index contributed by atoms with van der Waals surface area (Å²) in [6, 6.07) is 7.03. The maximum atomic E-state index is 14.7. The van der Waals surface area contributed by atoms with Gasteiger partial charge in [0.15, 0.2) is 11.6 Å². The SMILES string of the molecule is Cc1csc(C(=O)N2[C@H]3CC[C@H](c4cc(C(F)F)nc5nc(C6C[C@H](c7cc(C(F)F)nc8ncnn78)[C@@H]7CC[C@H]6N7C(=O)c6ccc(C(C)(C)C)o6)nn45)[C@@H]2CC3)c1. The Labute approximate surface area is 339 Å². The van der Waals surface area contributed by atoms with Crippen LogP contribution in [-0.2, 0) is 5.41 Å². The van der Waals surface area contributed by atoms with Crippen molar-refractivity contribution < 1.29 is 31.6 Å². The largest absolute Gasteiger partial charge is 0.455 e. The summed E-state index contributed by atoms with van der Waals surface area (Å²) < 4.78 is 67.0. The van der Waals surface area contributed by atoms with Gasteiger partial charge in [-0.1, -0.05) is 20.8 Å². The monoisotopic (exact) mass is 830 g/mol. The van der Waals surface area contributed by atoms with Crippen LogP contribution in [0.1, 0.15) is 156 Å². The molecule has 0 saturated carbocycles. The summed E-state index contributed by atoms with van der Waals surface area (Å²) >= 11 is 1.41. The number of piperidine rings is 2. The van der Waals surface area contributed by atoms with E-state index < -0.39 is 48.2 Å². The number of amides is 2. The van der Waals surface area contributed by atoms with Gasteiger partial charge in [-0.05, 0) is 93.1 Å². The second kappa shape index (κ2) is 13.9. The summed E-state index contributed by atoms with van der Waals surface area (Å²) in [4.78, 5) is 50.3. The number of aryl methyl sites for hydroxylation is 1. The Morgan fingerprint density at radius 3 is 2.12 bits per heavy atom. The molecule has 0 aromatic carbocycles. The van der Waals surface area contributed by atoms with Crippen molar-refractivity contribution >= 4 is 34.7 Å². The number of rotatable bonds is 7. The van der Waals surface area contributed by atoms with Gasteiger partial charge in [-0.3, -0.25) is 9.59 Å². The van der Waals surface area contributed by atoms with Crippen LogP contribution in [0, 0.1) is 6.92 Å². The van der Waals surface area contributed by atoms with E-state index in [0.717, 1.165) is 18.4 Å². The van der Waals surface area contributed by atoms with Crippen molar-refractivity contribution in [1.82, 2.24) is 49.0 Å². The van der Waals surface area contributed by atoms with Gasteiger partial charge in [-0.15, -0.1) is 16.4 Å². The summed E-state index contributed by atoms with van der Waals surface area (Å²) in [6.45, 7) is 7.91. The zero-order valence-electron chi connectivity index (χ0n) is 32.8. The van der Waals surface area contributed by atoms with Crippen LogP contribution >= 0.6 is 11.3 Å². The molecule has 4 saturated heterocycles. The summed E-state index contributed by atoms with van der Waals surface area (Å²) in [7, 11) is 0.